The lowest BCUT2D eigenvalue weighted by atomic mass is 10.1. The fraction of sp³-hybridized carbons (Fsp3) is 0.152. The molecule has 6 N–H and O–H groups in total. The van der Waals surface area contributed by atoms with E-state index in [0.717, 1.165) is 0 Å². The number of hydrogen-bond donors (Lipinski definition) is 4. The topological polar surface area (TPSA) is 154 Å². The molecule has 236 valence electrons. The van der Waals surface area contributed by atoms with Crippen LogP contribution in [0, 0.1) is 35.4 Å². The van der Waals surface area contributed by atoms with Crippen molar-refractivity contribution in [1.29, 1.82) is 0 Å². The molecule has 0 radical (unpaired) electrons. The summed E-state index contributed by atoms with van der Waals surface area (Å²) in [5, 5.41) is 5.44. The number of aromatic nitrogens is 2. The monoisotopic (exact) mass is 642 g/mol. The first-order chi connectivity index (χ1) is 21.5. The van der Waals surface area contributed by atoms with E-state index in [4.69, 9.17) is 17.9 Å². The average molecular weight is 643 g/mol. The van der Waals surface area contributed by atoms with Crippen molar-refractivity contribution in [2.75, 3.05) is 10.6 Å². The fourth-order valence-corrected chi connectivity index (χ4v) is 4.33. The Morgan fingerprint density at radius 2 is 1.15 bits per heavy atom. The maximum Gasteiger partial charge on any atom is 0.252 e. The van der Waals surface area contributed by atoms with Crippen molar-refractivity contribution in [2.45, 2.75) is 19.6 Å². The van der Waals surface area contributed by atoms with Crippen LogP contribution in [0.15, 0.2) is 70.5 Å². The van der Waals surface area contributed by atoms with E-state index in [1.807, 2.05) is 0 Å². The molecule has 2 aromatic heterocycles. The SMILES string of the molecule is C#Cc1ccc(Nc2cc(=O)n(C)cc2C(N)=O)c(F)c1.Cn1cc(C(N)=O)c(Nc2ccc(C#C[Si](C)(C)C)cc2F)cc1=O. The smallest absolute Gasteiger partial charge is 0.252 e. The molecule has 0 aliphatic heterocycles. The van der Waals surface area contributed by atoms with E-state index < -0.39 is 31.5 Å². The largest absolute Gasteiger partial charge is 0.365 e. The molecule has 2 amide bonds. The summed E-state index contributed by atoms with van der Waals surface area (Å²) in [6.07, 6.45) is 7.79. The first-order valence-electron chi connectivity index (χ1n) is 13.6. The van der Waals surface area contributed by atoms with Gasteiger partial charge in [-0.2, -0.15) is 0 Å². The number of amides is 2. The highest BCUT2D eigenvalue weighted by Crippen LogP contribution is 2.24. The van der Waals surface area contributed by atoms with Gasteiger partial charge in [0.05, 0.1) is 33.9 Å². The van der Waals surface area contributed by atoms with Gasteiger partial charge < -0.3 is 31.2 Å². The summed E-state index contributed by atoms with van der Waals surface area (Å²) in [5.41, 5.74) is 14.7. The molecule has 2 heterocycles. The number of nitrogens with zero attached hydrogens (tertiary/aromatic N) is 2. The Kier molecular flexibility index (Phi) is 10.7. The highest BCUT2D eigenvalue weighted by Gasteiger charge is 2.14. The van der Waals surface area contributed by atoms with Crippen molar-refractivity contribution in [3.05, 3.63) is 116 Å². The lowest BCUT2D eigenvalue weighted by Crippen LogP contribution is -2.22. The zero-order chi connectivity index (χ0) is 34.3. The third-order valence-electron chi connectivity index (χ3n) is 6.21. The summed E-state index contributed by atoms with van der Waals surface area (Å²) in [6.45, 7) is 6.31. The molecule has 0 fully saturated rings. The van der Waals surface area contributed by atoms with Crippen LogP contribution in [-0.4, -0.2) is 29.0 Å². The van der Waals surface area contributed by atoms with E-state index in [1.165, 1.54) is 78.1 Å². The predicted octanol–water partition coefficient (Wildman–Crippen LogP) is 3.94. The second-order valence-corrected chi connectivity index (χ2v) is 15.9. The number of carbonyl (C=O) groups is 2. The summed E-state index contributed by atoms with van der Waals surface area (Å²) in [4.78, 5) is 46.4. The average Bonchev–Trinajstić information content (AvgIpc) is 2.97. The number of rotatable bonds is 6. The van der Waals surface area contributed by atoms with E-state index in [1.54, 1.807) is 6.07 Å². The van der Waals surface area contributed by atoms with Gasteiger partial charge in [-0.1, -0.05) is 31.5 Å². The summed E-state index contributed by atoms with van der Waals surface area (Å²) < 4.78 is 30.7. The number of terminal acetylenes is 1. The number of benzene rings is 2. The van der Waals surface area contributed by atoms with Crippen LogP contribution in [0.1, 0.15) is 31.8 Å². The summed E-state index contributed by atoms with van der Waals surface area (Å²) >= 11 is 0. The molecule has 0 atom stereocenters. The molecule has 0 aliphatic rings. The Bertz CT molecular complexity index is 2060. The van der Waals surface area contributed by atoms with Gasteiger partial charge in [0.25, 0.3) is 22.9 Å². The van der Waals surface area contributed by atoms with Crippen LogP contribution in [-0.2, 0) is 14.1 Å². The molecule has 10 nitrogen and oxygen atoms in total. The molecule has 4 rings (SSSR count). The molecular weight excluding hydrogens is 610 g/mol. The van der Waals surface area contributed by atoms with Gasteiger partial charge in [0.2, 0.25) is 0 Å². The Hall–Kier alpha value is -5.92. The Morgan fingerprint density at radius 3 is 1.52 bits per heavy atom. The zero-order valence-corrected chi connectivity index (χ0v) is 26.8. The van der Waals surface area contributed by atoms with E-state index in [-0.39, 0.29) is 45.0 Å². The van der Waals surface area contributed by atoms with E-state index in [2.05, 4.69) is 47.7 Å². The van der Waals surface area contributed by atoms with Crippen molar-refractivity contribution >= 4 is 42.6 Å². The normalized spacial score (nSPS) is 10.4. The van der Waals surface area contributed by atoms with Crippen molar-refractivity contribution < 1.29 is 18.4 Å². The van der Waals surface area contributed by atoms with E-state index >= 15 is 0 Å². The number of aryl methyl sites for hydroxylation is 2. The minimum atomic E-state index is -1.55. The predicted molar refractivity (Wildman–Crippen MR) is 178 cm³/mol. The van der Waals surface area contributed by atoms with Gasteiger partial charge in [-0.25, -0.2) is 8.78 Å². The molecule has 0 unspecified atom stereocenters. The fourth-order valence-electron chi connectivity index (χ4n) is 3.81. The van der Waals surface area contributed by atoms with Gasteiger partial charge >= 0.3 is 0 Å². The number of nitrogens with two attached hydrogens (primary N) is 2. The summed E-state index contributed by atoms with van der Waals surface area (Å²) in [5.74, 6) is 2.72. The lowest BCUT2D eigenvalue weighted by molar-refractivity contribution is 0.0992. The Balaban J connectivity index is 0.000000254. The number of primary amides is 2. The Morgan fingerprint density at radius 1 is 0.739 bits per heavy atom. The number of pyridine rings is 2. The van der Waals surface area contributed by atoms with Crippen LogP contribution in [0.4, 0.5) is 31.5 Å². The molecule has 0 spiro atoms. The Labute approximate surface area is 265 Å². The maximum atomic E-state index is 14.3. The molecular formula is C33H32F2N6O4Si. The summed E-state index contributed by atoms with van der Waals surface area (Å²) in [7, 11) is 1.44. The van der Waals surface area contributed by atoms with Gasteiger partial charge in [-0.15, -0.1) is 12.0 Å². The zero-order valence-electron chi connectivity index (χ0n) is 25.8. The number of anilines is 4. The van der Waals surface area contributed by atoms with Crippen molar-refractivity contribution in [3.63, 3.8) is 0 Å². The highest BCUT2D eigenvalue weighted by molar-refractivity contribution is 6.83. The number of hydrogen-bond acceptors (Lipinski definition) is 6. The second kappa shape index (κ2) is 14.2. The van der Waals surface area contributed by atoms with Gasteiger partial charge in [0, 0.05) is 49.7 Å². The van der Waals surface area contributed by atoms with Gasteiger partial charge in [-0.3, -0.25) is 19.2 Å². The second-order valence-electron chi connectivity index (χ2n) is 11.1. The van der Waals surface area contributed by atoms with Crippen LogP contribution >= 0.6 is 0 Å². The first-order valence-corrected chi connectivity index (χ1v) is 17.1. The third kappa shape index (κ3) is 9.04. The third-order valence-corrected chi connectivity index (χ3v) is 7.09. The van der Waals surface area contributed by atoms with Crippen LogP contribution < -0.4 is 33.2 Å². The van der Waals surface area contributed by atoms with Crippen LogP contribution in [0.25, 0.3) is 0 Å². The molecule has 0 saturated carbocycles. The van der Waals surface area contributed by atoms with Crippen molar-refractivity contribution in [2.24, 2.45) is 25.6 Å². The lowest BCUT2D eigenvalue weighted by Gasteiger charge is -2.12. The molecule has 0 bridgehead atoms. The van der Waals surface area contributed by atoms with Crippen molar-refractivity contribution in [1.82, 2.24) is 9.13 Å². The number of nitrogens with one attached hydrogen (secondary N) is 2. The van der Waals surface area contributed by atoms with E-state index in [0.29, 0.717) is 11.1 Å². The standard InChI is InChI=1S/C18H20FN3O2Si.C15H12FN3O2/c1-22-11-13(18(20)24)16(10-17(22)23)21-15-6-5-12(9-14(15)19)7-8-25(2,3)4;1-3-9-4-5-12(11(16)6-9)18-13-7-14(20)19(2)8-10(13)15(17)21/h5-6,9-11,21H,1-4H3,(H2,20,24);1,4-8,18H,2H3,(H2,17,21). The minimum Gasteiger partial charge on any atom is -0.365 e. The highest BCUT2D eigenvalue weighted by atomic mass is 28.3. The van der Waals surface area contributed by atoms with Crippen LogP contribution in [0.5, 0.6) is 0 Å². The minimum absolute atomic E-state index is 0.0810. The molecule has 0 saturated heterocycles. The number of carbonyl (C=O) groups excluding carboxylic acids is 2. The van der Waals surface area contributed by atoms with Crippen LogP contribution in [0.3, 0.4) is 0 Å². The van der Waals surface area contributed by atoms with Gasteiger partial charge in [0.1, 0.15) is 19.7 Å². The molecule has 4 aromatic rings. The van der Waals surface area contributed by atoms with Crippen LogP contribution in [0.2, 0.25) is 19.6 Å². The maximum absolute atomic E-state index is 14.3. The quantitative estimate of drug-likeness (QED) is 0.185. The van der Waals surface area contributed by atoms with Crippen molar-refractivity contribution in [3.8, 4) is 23.8 Å². The number of halogens is 2. The molecule has 0 aliphatic carbocycles. The van der Waals surface area contributed by atoms with E-state index in [9.17, 15) is 28.0 Å². The first kappa shape index (κ1) is 34.6. The van der Waals surface area contributed by atoms with Gasteiger partial charge in [-0.05, 0) is 36.4 Å². The molecule has 13 heteroatoms. The van der Waals surface area contributed by atoms with Gasteiger partial charge in [0.15, 0.2) is 0 Å². The molecule has 46 heavy (non-hydrogen) atoms. The molecule has 2 aromatic carbocycles. The summed E-state index contributed by atoms with van der Waals surface area (Å²) in [6, 6.07) is 11.0.